The third-order valence-electron chi connectivity index (χ3n) is 6.29. The first kappa shape index (κ1) is 21.6. The molecule has 0 unspecified atom stereocenters. The number of H-pyrrole nitrogens is 1. The molecule has 0 bridgehead atoms. The third kappa shape index (κ3) is 3.99. The Labute approximate surface area is 188 Å². The Morgan fingerprint density at radius 3 is 2.35 bits per heavy atom. The molecule has 1 N–H and O–H groups in total. The monoisotopic (exact) mass is 437 g/mol. The number of nitrogens with zero attached hydrogens (tertiary/aromatic N) is 4. The first-order valence-corrected chi connectivity index (χ1v) is 11.4. The van der Waals surface area contributed by atoms with Crippen LogP contribution in [0.4, 0.5) is 0 Å². The molecular weight excluding hydrogens is 406 g/mol. The van der Waals surface area contributed by atoms with E-state index in [1.54, 1.807) is 0 Å². The van der Waals surface area contributed by atoms with Gasteiger partial charge in [-0.3, -0.25) is 9.89 Å². The fourth-order valence-electron chi connectivity index (χ4n) is 4.68. The average molecular weight is 438 g/mol. The van der Waals surface area contributed by atoms with Crippen molar-refractivity contribution in [2.24, 2.45) is 0 Å². The van der Waals surface area contributed by atoms with Gasteiger partial charge in [0, 0.05) is 36.4 Å². The summed E-state index contributed by atoms with van der Waals surface area (Å²) < 4.78 is 4.94. The second-order valence-electron chi connectivity index (χ2n) is 8.89. The summed E-state index contributed by atoms with van der Waals surface area (Å²) in [5, 5.41) is 7.45. The van der Waals surface area contributed by atoms with E-state index in [0.29, 0.717) is 10.7 Å². The van der Waals surface area contributed by atoms with Crippen LogP contribution in [0.2, 0.25) is 0 Å². The number of aromatic nitrogens is 4. The Balaban J connectivity index is 1.58. The largest absolute Gasteiger partial charge is 0.339 e. The molecule has 6 nitrogen and oxygen atoms in total. The molecule has 3 aromatic rings. The highest BCUT2D eigenvalue weighted by molar-refractivity contribution is 7.71. The van der Waals surface area contributed by atoms with Crippen molar-refractivity contribution in [1.29, 1.82) is 0 Å². The molecular formula is C24H31N5OS. The molecule has 31 heavy (non-hydrogen) atoms. The second kappa shape index (κ2) is 8.46. The van der Waals surface area contributed by atoms with Crippen LogP contribution in [0.5, 0.6) is 0 Å². The topological polar surface area (TPSA) is 58.9 Å². The minimum Gasteiger partial charge on any atom is -0.339 e. The van der Waals surface area contributed by atoms with Crippen molar-refractivity contribution in [2.45, 2.75) is 59.4 Å². The van der Waals surface area contributed by atoms with Gasteiger partial charge in [-0.05, 0) is 83.9 Å². The zero-order valence-corrected chi connectivity index (χ0v) is 19.8. The lowest BCUT2D eigenvalue weighted by molar-refractivity contribution is 0.0710. The van der Waals surface area contributed by atoms with Gasteiger partial charge in [0.25, 0.3) is 5.91 Å². The van der Waals surface area contributed by atoms with E-state index < -0.39 is 0 Å². The maximum atomic E-state index is 13.6. The number of aromatic amines is 1. The lowest BCUT2D eigenvalue weighted by Crippen LogP contribution is -2.39. The number of carbonyl (C=O) groups excluding carboxylic acids is 1. The first-order chi connectivity index (χ1) is 14.8. The Kier molecular flexibility index (Phi) is 5.88. The maximum Gasteiger partial charge on any atom is 0.255 e. The summed E-state index contributed by atoms with van der Waals surface area (Å²) in [5.74, 6) is 1.43. The Hall–Kier alpha value is -2.67. The summed E-state index contributed by atoms with van der Waals surface area (Å²) in [7, 11) is 0. The molecule has 0 atom stereocenters. The number of aryl methyl sites for hydroxylation is 3. The van der Waals surface area contributed by atoms with E-state index in [4.69, 9.17) is 12.2 Å². The fourth-order valence-corrected chi connectivity index (χ4v) is 5.03. The lowest BCUT2D eigenvalue weighted by atomic mass is 9.95. The van der Waals surface area contributed by atoms with Crippen molar-refractivity contribution >= 4 is 18.1 Å². The van der Waals surface area contributed by atoms with Crippen LogP contribution >= 0.6 is 12.2 Å². The number of likely N-dealkylation sites (tertiary alicyclic amines) is 1. The maximum absolute atomic E-state index is 13.6. The minimum absolute atomic E-state index is 0.104. The Morgan fingerprint density at radius 1 is 1.10 bits per heavy atom. The van der Waals surface area contributed by atoms with Crippen molar-refractivity contribution in [3.8, 4) is 5.69 Å². The molecule has 0 saturated carbocycles. The highest BCUT2D eigenvalue weighted by Crippen LogP contribution is 2.30. The van der Waals surface area contributed by atoms with Crippen molar-refractivity contribution < 1.29 is 4.79 Å². The molecule has 1 aliphatic rings. The van der Waals surface area contributed by atoms with E-state index in [-0.39, 0.29) is 11.9 Å². The van der Waals surface area contributed by atoms with Gasteiger partial charge in [-0.15, -0.1) is 0 Å². The third-order valence-corrected chi connectivity index (χ3v) is 6.58. The van der Waals surface area contributed by atoms with Crippen LogP contribution in [0, 0.1) is 25.5 Å². The Bertz CT molecular complexity index is 1140. The van der Waals surface area contributed by atoms with E-state index in [1.165, 1.54) is 0 Å². The van der Waals surface area contributed by atoms with E-state index in [9.17, 15) is 4.79 Å². The van der Waals surface area contributed by atoms with Crippen LogP contribution in [0.15, 0.2) is 30.3 Å². The van der Waals surface area contributed by atoms with Crippen LogP contribution in [0.25, 0.3) is 5.69 Å². The van der Waals surface area contributed by atoms with Gasteiger partial charge in [0.15, 0.2) is 4.77 Å². The number of benzene rings is 1. The quantitative estimate of drug-likeness (QED) is 0.567. The van der Waals surface area contributed by atoms with Crippen LogP contribution < -0.4 is 0 Å². The smallest absolute Gasteiger partial charge is 0.255 e. The zero-order valence-electron chi connectivity index (χ0n) is 19.0. The molecule has 2 aromatic heterocycles. The lowest BCUT2D eigenvalue weighted by Gasteiger charge is -2.32. The van der Waals surface area contributed by atoms with Gasteiger partial charge < -0.3 is 14.0 Å². The molecule has 1 saturated heterocycles. The van der Waals surface area contributed by atoms with Crippen LogP contribution in [0.3, 0.4) is 0 Å². The summed E-state index contributed by atoms with van der Waals surface area (Å²) in [6.07, 6.45) is 1.78. The fraction of sp³-hybridized carbons (Fsp3) is 0.458. The zero-order chi connectivity index (χ0) is 22.3. The van der Waals surface area contributed by atoms with Gasteiger partial charge in [0.2, 0.25) is 0 Å². The van der Waals surface area contributed by atoms with Crippen LogP contribution in [0.1, 0.15) is 71.8 Å². The molecule has 0 aliphatic carbocycles. The first-order valence-electron chi connectivity index (χ1n) is 11.0. The SMILES string of the molecule is Cc1ccc(-n2c(C)ccc2C)c(C(=O)N2CCC(c3n[nH]c(=S)n3C(C)C)CC2)c1. The van der Waals surface area contributed by atoms with Crippen LogP contribution in [-0.2, 0) is 0 Å². The predicted molar refractivity (Wildman–Crippen MR) is 126 cm³/mol. The molecule has 1 aromatic carbocycles. The minimum atomic E-state index is 0.104. The highest BCUT2D eigenvalue weighted by Gasteiger charge is 2.29. The predicted octanol–water partition coefficient (Wildman–Crippen LogP) is 5.26. The number of piperidine rings is 1. The molecule has 1 fully saturated rings. The molecule has 1 amide bonds. The van der Waals surface area contributed by atoms with E-state index in [0.717, 1.165) is 60.0 Å². The summed E-state index contributed by atoms with van der Waals surface area (Å²) in [6.45, 7) is 11.9. The number of nitrogens with one attached hydrogen (secondary N) is 1. The summed E-state index contributed by atoms with van der Waals surface area (Å²) in [6, 6.07) is 10.6. The van der Waals surface area contributed by atoms with Gasteiger partial charge in [-0.1, -0.05) is 11.6 Å². The molecule has 4 rings (SSSR count). The molecule has 1 aliphatic heterocycles. The summed E-state index contributed by atoms with van der Waals surface area (Å²) in [5.41, 5.74) is 5.08. The number of hydrogen-bond acceptors (Lipinski definition) is 3. The van der Waals surface area contributed by atoms with Gasteiger partial charge in [0.05, 0.1) is 11.3 Å². The average Bonchev–Trinajstić information content (AvgIpc) is 3.29. The van der Waals surface area contributed by atoms with Crippen molar-refractivity contribution in [2.75, 3.05) is 13.1 Å². The molecule has 164 valence electrons. The second-order valence-corrected chi connectivity index (χ2v) is 9.28. The summed E-state index contributed by atoms with van der Waals surface area (Å²) >= 11 is 5.41. The standard InChI is InChI=1S/C24H31N5OS/c1-15(2)28-22(25-26-24(28)31)19-10-12-27(13-11-19)23(30)20-14-16(3)6-9-21(20)29-17(4)7-8-18(29)5/h6-9,14-15,19H,10-13H2,1-5H3,(H,26,31). The van der Waals surface area contributed by atoms with Crippen LogP contribution in [-0.4, -0.2) is 43.2 Å². The van der Waals surface area contributed by atoms with Gasteiger partial charge in [0.1, 0.15) is 5.82 Å². The van der Waals surface area contributed by atoms with Gasteiger partial charge >= 0.3 is 0 Å². The van der Waals surface area contributed by atoms with E-state index >= 15 is 0 Å². The summed E-state index contributed by atoms with van der Waals surface area (Å²) in [4.78, 5) is 15.6. The number of amides is 1. The molecule has 7 heteroatoms. The van der Waals surface area contributed by atoms with E-state index in [2.05, 4.69) is 71.3 Å². The number of rotatable bonds is 4. The van der Waals surface area contributed by atoms with E-state index in [1.807, 2.05) is 17.9 Å². The Morgan fingerprint density at radius 2 is 1.74 bits per heavy atom. The molecule has 0 radical (unpaired) electrons. The normalized spacial score (nSPS) is 15.1. The molecule has 0 spiro atoms. The molecule has 3 heterocycles. The van der Waals surface area contributed by atoms with Gasteiger partial charge in [-0.25, -0.2) is 0 Å². The van der Waals surface area contributed by atoms with Crippen molar-refractivity contribution in [1.82, 2.24) is 24.2 Å². The van der Waals surface area contributed by atoms with Crippen molar-refractivity contribution in [3.63, 3.8) is 0 Å². The number of hydrogen-bond donors (Lipinski definition) is 1. The van der Waals surface area contributed by atoms with Crippen molar-refractivity contribution in [3.05, 3.63) is 63.4 Å². The highest BCUT2D eigenvalue weighted by atomic mass is 32.1. The van der Waals surface area contributed by atoms with Gasteiger partial charge in [-0.2, -0.15) is 5.10 Å². The number of carbonyl (C=O) groups is 1.